The summed E-state index contributed by atoms with van der Waals surface area (Å²) >= 11 is 0. The number of hydrogen-bond acceptors (Lipinski definition) is 4. The van der Waals surface area contributed by atoms with Crippen molar-refractivity contribution in [2.75, 3.05) is 38.3 Å². The van der Waals surface area contributed by atoms with Crippen molar-refractivity contribution in [3.63, 3.8) is 0 Å². The Bertz CT molecular complexity index is 451. The molecule has 0 N–H and O–H groups in total. The van der Waals surface area contributed by atoms with Gasteiger partial charge in [0.15, 0.2) is 0 Å². The first-order valence-electron chi connectivity index (χ1n) is 5.36. The number of rotatable bonds is 2. The van der Waals surface area contributed by atoms with Crippen molar-refractivity contribution in [2.24, 2.45) is 0 Å². The van der Waals surface area contributed by atoms with Crippen molar-refractivity contribution in [3.8, 4) is 11.8 Å². The van der Waals surface area contributed by atoms with Gasteiger partial charge in [0.05, 0.1) is 20.3 Å². The molecule has 0 aliphatic carbocycles. The summed E-state index contributed by atoms with van der Waals surface area (Å²) in [6.07, 6.45) is 0. The third-order valence-corrected chi connectivity index (χ3v) is 2.75. The molecule has 0 bridgehead atoms. The van der Waals surface area contributed by atoms with Crippen molar-refractivity contribution < 1.29 is 13.9 Å². The second-order valence-corrected chi connectivity index (χ2v) is 3.72. The number of ether oxygens (including phenoxy) is 2. The maximum absolute atomic E-state index is 13.7. The molecule has 0 spiro atoms. The highest BCUT2D eigenvalue weighted by atomic mass is 19.1. The molecule has 17 heavy (non-hydrogen) atoms. The molecule has 0 saturated carbocycles. The minimum atomic E-state index is -0.548. The van der Waals surface area contributed by atoms with Gasteiger partial charge in [-0.2, -0.15) is 5.26 Å². The molecule has 0 atom stereocenters. The topological polar surface area (TPSA) is 45.5 Å². The van der Waals surface area contributed by atoms with Crippen LogP contribution >= 0.6 is 0 Å². The molecule has 2 rings (SSSR count). The van der Waals surface area contributed by atoms with Gasteiger partial charge in [-0.25, -0.2) is 4.39 Å². The van der Waals surface area contributed by atoms with Crippen LogP contribution in [0.3, 0.4) is 0 Å². The molecular formula is C12H13FN2O2. The standard InChI is InChI=1S/C12H13FN2O2/c1-16-12-7-9(6-11(13)10(12)8-14)15-2-4-17-5-3-15/h6-7H,2-5H2,1H3. The van der Waals surface area contributed by atoms with E-state index in [-0.39, 0.29) is 11.3 Å². The molecule has 90 valence electrons. The molecule has 1 aliphatic heterocycles. The van der Waals surface area contributed by atoms with E-state index in [1.807, 2.05) is 4.90 Å². The van der Waals surface area contributed by atoms with Crippen LogP contribution in [-0.4, -0.2) is 33.4 Å². The average Bonchev–Trinajstić information content (AvgIpc) is 2.38. The summed E-state index contributed by atoms with van der Waals surface area (Å²) in [5, 5.41) is 8.83. The number of nitriles is 1. The summed E-state index contributed by atoms with van der Waals surface area (Å²) in [6.45, 7) is 2.69. The van der Waals surface area contributed by atoms with Crippen molar-refractivity contribution in [2.45, 2.75) is 0 Å². The van der Waals surface area contributed by atoms with Gasteiger partial charge in [-0.15, -0.1) is 0 Å². The Balaban J connectivity index is 2.35. The van der Waals surface area contributed by atoms with Gasteiger partial charge in [-0.1, -0.05) is 0 Å². The van der Waals surface area contributed by atoms with E-state index in [1.54, 1.807) is 12.1 Å². The van der Waals surface area contributed by atoms with E-state index in [1.165, 1.54) is 13.2 Å². The molecule has 1 aromatic carbocycles. The molecule has 5 heteroatoms. The zero-order valence-corrected chi connectivity index (χ0v) is 9.57. The van der Waals surface area contributed by atoms with Crippen LogP contribution < -0.4 is 9.64 Å². The van der Waals surface area contributed by atoms with Gasteiger partial charge in [0.25, 0.3) is 0 Å². The first-order chi connectivity index (χ1) is 8.26. The van der Waals surface area contributed by atoms with Crippen LogP contribution in [0.1, 0.15) is 5.56 Å². The maximum atomic E-state index is 13.7. The Kier molecular flexibility index (Phi) is 3.45. The van der Waals surface area contributed by atoms with Gasteiger partial charge in [0, 0.05) is 24.8 Å². The van der Waals surface area contributed by atoms with Crippen LogP contribution in [0.2, 0.25) is 0 Å². The van der Waals surface area contributed by atoms with E-state index in [2.05, 4.69) is 0 Å². The Morgan fingerprint density at radius 3 is 2.71 bits per heavy atom. The van der Waals surface area contributed by atoms with E-state index in [0.29, 0.717) is 26.3 Å². The molecule has 1 heterocycles. The minimum absolute atomic E-state index is 0.0514. The average molecular weight is 236 g/mol. The summed E-state index contributed by atoms with van der Waals surface area (Å²) in [7, 11) is 1.43. The van der Waals surface area contributed by atoms with Gasteiger partial charge >= 0.3 is 0 Å². The van der Waals surface area contributed by atoms with Gasteiger partial charge in [0.1, 0.15) is 23.2 Å². The third kappa shape index (κ3) is 2.32. The van der Waals surface area contributed by atoms with Crippen LogP contribution in [0.4, 0.5) is 10.1 Å². The van der Waals surface area contributed by atoms with E-state index in [9.17, 15) is 4.39 Å². The number of benzene rings is 1. The predicted octanol–water partition coefficient (Wildman–Crippen LogP) is 1.54. The highest BCUT2D eigenvalue weighted by molar-refractivity contribution is 5.58. The molecular weight excluding hydrogens is 223 g/mol. The Morgan fingerprint density at radius 1 is 1.41 bits per heavy atom. The van der Waals surface area contributed by atoms with Gasteiger partial charge < -0.3 is 14.4 Å². The highest BCUT2D eigenvalue weighted by Gasteiger charge is 2.17. The number of hydrogen-bond donors (Lipinski definition) is 0. The lowest BCUT2D eigenvalue weighted by Gasteiger charge is -2.29. The van der Waals surface area contributed by atoms with Gasteiger partial charge in [-0.3, -0.25) is 0 Å². The number of methoxy groups -OCH3 is 1. The van der Waals surface area contributed by atoms with Crippen LogP contribution in [0.15, 0.2) is 12.1 Å². The summed E-state index contributed by atoms with van der Waals surface area (Å²) in [5.74, 6) is -0.276. The van der Waals surface area contributed by atoms with E-state index < -0.39 is 5.82 Å². The molecule has 1 saturated heterocycles. The lowest BCUT2D eigenvalue weighted by Crippen LogP contribution is -2.36. The lowest BCUT2D eigenvalue weighted by atomic mass is 10.1. The fourth-order valence-corrected chi connectivity index (χ4v) is 1.84. The van der Waals surface area contributed by atoms with E-state index in [0.717, 1.165) is 5.69 Å². The first kappa shape index (κ1) is 11.7. The molecule has 4 nitrogen and oxygen atoms in total. The molecule has 0 unspecified atom stereocenters. The quantitative estimate of drug-likeness (QED) is 0.781. The zero-order chi connectivity index (χ0) is 12.3. The Labute approximate surface area is 99.2 Å². The maximum Gasteiger partial charge on any atom is 0.146 e. The largest absolute Gasteiger partial charge is 0.495 e. The summed E-state index contributed by atoms with van der Waals surface area (Å²) in [5.41, 5.74) is 0.672. The molecule has 1 aliphatic rings. The van der Waals surface area contributed by atoms with Crippen LogP contribution in [0.25, 0.3) is 0 Å². The number of halogens is 1. The molecule has 1 aromatic rings. The van der Waals surface area contributed by atoms with Crippen LogP contribution in [0, 0.1) is 17.1 Å². The molecule has 0 radical (unpaired) electrons. The second kappa shape index (κ2) is 5.02. The Morgan fingerprint density at radius 2 is 2.12 bits per heavy atom. The van der Waals surface area contributed by atoms with Crippen molar-refractivity contribution in [1.29, 1.82) is 5.26 Å². The SMILES string of the molecule is COc1cc(N2CCOCC2)cc(F)c1C#N. The van der Waals surface area contributed by atoms with Crippen molar-refractivity contribution in [3.05, 3.63) is 23.5 Å². The fourth-order valence-electron chi connectivity index (χ4n) is 1.84. The van der Waals surface area contributed by atoms with Gasteiger partial charge in [0.2, 0.25) is 0 Å². The molecule has 0 aromatic heterocycles. The Hall–Kier alpha value is -1.80. The predicted molar refractivity (Wildman–Crippen MR) is 60.7 cm³/mol. The molecule has 0 amide bonds. The zero-order valence-electron chi connectivity index (χ0n) is 9.57. The highest BCUT2D eigenvalue weighted by Crippen LogP contribution is 2.28. The second-order valence-electron chi connectivity index (χ2n) is 3.72. The van der Waals surface area contributed by atoms with Crippen molar-refractivity contribution in [1.82, 2.24) is 0 Å². The first-order valence-corrected chi connectivity index (χ1v) is 5.36. The van der Waals surface area contributed by atoms with Crippen molar-refractivity contribution >= 4 is 5.69 Å². The normalized spacial score (nSPS) is 15.5. The van der Waals surface area contributed by atoms with Crippen LogP contribution in [0.5, 0.6) is 5.75 Å². The number of morpholine rings is 1. The number of anilines is 1. The summed E-state index contributed by atoms with van der Waals surface area (Å²) in [6, 6.07) is 4.86. The minimum Gasteiger partial charge on any atom is -0.495 e. The third-order valence-electron chi connectivity index (χ3n) is 2.75. The lowest BCUT2D eigenvalue weighted by molar-refractivity contribution is 0.122. The van der Waals surface area contributed by atoms with E-state index >= 15 is 0 Å². The smallest absolute Gasteiger partial charge is 0.146 e. The summed E-state index contributed by atoms with van der Waals surface area (Å²) < 4.78 is 24.0. The van der Waals surface area contributed by atoms with Crippen LogP contribution in [-0.2, 0) is 4.74 Å². The summed E-state index contributed by atoms with van der Waals surface area (Å²) in [4.78, 5) is 2.01. The van der Waals surface area contributed by atoms with Gasteiger partial charge in [-0.05, 0) is 6.07 Å². The molecule has 1 fully saturated rings. The fraction of sp³-hybridized carbons (Fsp3) is 0.417. The number of nitrogens with zero attached hydrogens (tertiary/aromatic N) is 2. The van der Waals surface area contributed by atoms with E-state index in [4.69, 9.17) is 14.7 Å². The monoisotopic (exact) mass is 236 g/mol.